The summed E-state index contributed by atoms with van der Waals surface area (Å²) in [5.41, 5.74) is -2.13. The van der Waals surface area contributed by atoms with E-state index in [1.807, 2.05) is 0 Å². The van der Waals surface area contributed by atoms with Gasteiger partial charge in [-0.25, -0.2) is 23.1 Å². The fraction of sp³-hybridized carbons (Fsp3) is 0.318. The van der Waals surface area contributed by atoms with Gasteiger partial charge in [-0.2, -0.15) is 12.8 Å². The van der Waals surface area contributed by atoms with Crippen LogP contribution in [0.15, 0.2) is 47.9 Å². The maximum Gasteiger partial charge on any atom is 0.407 e. The number of methoxy groups -OCH3 is 1. The van der Waals surface area contributed by atoms with Crippen molar-refractivity contribution in [3.8, 4) is 17.0 Å². The first-order valence-corrected chi connectivity index (χ1v) is 11.5. The van der Waals surface area contributed by atoms with E-state index in [2.05, 4.69) is 15.3 Å². The summed E-state index contributed by atoms with van der Waals surface area (Å²) in [6, 6.07) is 5.13. The number of amides is 1. The van der Waals surface area contributed by atoms with Crippen LogP contribution in [0.3, 0.4) is 0 Å². The highest BCUT2D eigenvalue weighted by Gasteiger charge is 2.38. The molecule has 1 atom stereocenters. The van der Waals surface area contributed by atoms with Gasteiger partial charge in [0.1, 0.15) is 17.5 Å². The fourth-order valence-electron chi connectivity index (χ4n) is 3.29. The van der Waals surface area contributed by atoms with Crippen LogP contribution < -0.4 is 10.1 Å². The molecule has 182 valence electrons. The number of carbonyl (C=O) groups is 1. The van der Waals surface area contributed by atoms with Gasteiger partial charge in [0.2, 0.25) is 5.95 Å². The van der Waals surface area contributed by atoms with Crippen molar-refractivity contribution >= 4 is 16.1 Å². The van der Waals surface area contributed by atoms with Crippen LogP contribution in [0.1, 0.15) is 32.4 Å². The van der Waals surface area contributed by atoms with Crippen molar-refractivity contribution in [2.45, 2.75) is 31.9 Å². The number of halogens is 2. The third-order valence-electron chi connectivity index (χ3n) is 4.92. The Morgan fingerprint density at radius 2 is 1.88 bits per heavy atom. The molecule has 3 aromatic heterocycles. The normalized spacial score (nSPS) is 12.8. The van der Waals surface area contributed by atoms with Gasteiger partial charge in [0, 0.05) is 42.7 Å². The highest BCUT2D eigenvalue weighted by atomic mass is 32.2. The molecule has 0 fully saturated rings. The van der Waals surface area contributed by atoms with E-state index in [0.717, 1.165) is 18.5 Å². The van der Waals surface area contributed by atoms with E-state index in [0.29, 0.717) is 3.97 Å². The Kier molecular flexibility index (Phi) is 6.92. The molecule has 1 unspecified atom stereocenters. The van der Waals surface area contributed by atoms with Crippen LogP contribution in [-0.2, 0) is 14.8 Å². The van der Waals surface area contributed by atoms with Crippen LogP contribution in [0.2, 0.25) is 0 Å². The number of hydrogen-bond donors (Lipinski definition) is 1. The largest absolute Gasteiger partial charge is 0.497 e. The van der Waals surface area contributed by atoms with Crippen molar-refractivity contribution in [3.63, 3.8) is 0 Å². The van der Waals surface area contributed by atoms with Gasteiger partial charge < -0.3 is 14.8 Å². The molecule has 0 bridgehead atoms. The van der Waals surface area contributed by atoms with E-state index < -0.39 is 55.7 Å². The summed E-state index contributed by atoms with van der Waals surface area (Å²) < 4.78 is 68.7. The molecule has 3 heterocycles. The van der Waals surface area contributed by atoms with Gasteiger partial charge in [0.15, 0.2) is 10.8 Å². The summed E-state index contributed by atoms with van der Waals surface area (Å²) in [5, 5.41) is 1.83. The first-order valence-electron chi connectivity index (χ1n) is 10.1. The van der Waals surface area contributed by atoms with Crippen molar-refractivity contribution in [3.05, 3.63) is 60.2 Å². The lowest BCUT2D eigenvalue weighted by Crippen LogP contribution is -2.29. The number of nitrogens with zero attached hydrogens (tertiary/aromatic N) is 3. The zero-order valence-electron chi connectivity index (χ0n) is 19.2. The molecule has 0 aromatic carbocycles. The highest BCUT2D eigenvalue weighted by Crippen LogP contribution is 2.42. The molecule has 1 N–H and O–H groups in total. The average Bonchev–Trinajstić information content (AvgIpc) is 3.14. The molecule has 1 amide bonds. The molecule has 3 aromatic rings. The van der Waals surface area contributed by atoms with Crippen molar-refractivity contribution in [2.75, 3.05) is 14.2 Å². The summed E-state index contributed by atoms with van der Waals surface area (Å²) in [6.07, 6.45) is 1.25. The van der Waals surface area contributed by atoms with Gasteiger partial charge in [-0.05, 0) is 18.2 Å². The minimum Gasteiger partial charge on any atom is -0.497 e. The molecule has 0 saturated carbocycles. The van der Waals surface area contributed by atoms with Gasteiger partial charge in [-0.1, -0.05) is 20.8 Å². The Labute approximate surface area is 195 Å². The average molecular weight is 495 g/mol. The minimum absolute atomic E-state index is 0.200. The van der Waals surface area contributed by atoms with Crippen molar-refractivity contribution in [1.82, 2.24) is 19.3 Å². The Bertz CT molecular complexity index is 1320. The number of alkyl carbamates (subject to hydrolysis) is 1. The van der Waals surface area contributed by atoms with Crippen LogP contribution in [0.25, 0.3) is 11.3 Å². The van der Waals surface area contributed by atoms with Gasteiger partial charge >= 0.3 is 6.09 Å². The zero-order chi connectivity index (χ0) is 25.3. The van der Waals surface area contributed by atoms with E-state index in [1.165, 1.54) is 38.6 Å². The van der Waals surface area contributed by atoms with Crippen LogP contribution in [0, 0.1) is 17.2 Å². The third kappa shape index (κ3) is 4.72. The molecular formula is C22H24F2N4O5S. The van der Waals surface area contributed by atoms with Crippen LogP contribution >= 0.6 is 0 Å². The SMILES string of the molecule is CNC(=O)OC(c1cn(S(=O)(=O)c2cc(OC)ccn2)c(-c2cccnc2F)c1F)C(C)(C)C. The predicted molar refractivity (Wildman–Crippen MR) is 119 cm³/mol. The van der Waals surface area contributed by atoms with Crippen molar-refractivity contribution in [2.24, 2.45) is 5.41 Å². The van der Waals surface area contributed by atoms with Gasteiger partial charge in [-0.15, -0.1) is 0 Å². The smallest absolute Gasteiger partial charge is 0.407 e. The Hall–Kier alpha value is -3.54. The molecule has 0 spiro atoms. The Morgan fingerprint density at radius 1 is 1.18 bits per heavy atom. The number of hydrogen-bond acceptors (Lipinski definition) is 7. The Balaban J connectivity index is 2.35. The minimum atomic E-state index is -4.55. The van der Waals surface area contributed by atoms with E-state index in [4.69, 9.17) is 9.47 Å². The standard InChI is InChI=1S/C22H24F2N4O5S/c1-22(2,3)19(33-21(29)25-4)15-12-28(18(17(15)23)14-7-6-9-27-20(14)24)34(30,31)16-11-13(32-5)8-10-26-16/h6-12,19H,1-5H3,(H,25,29). The maximum absolute atomic E-state index is 15.9. The van der Waals surface area contributed by atoms with E-state index in [9.17, 15) is 17.6 Å². The number of pyridine rings is 2. The molecule has 12 heteroatoms. The lowest BCUT2D eigenvalue weighted by molar-refractivity contribution is 0.0294. The molecule has 0 radical (unpaired) electrons. The summed E-state index contributed by atoms with van der Waals surface area (Å²) in [4.78, 5) is 19.4. The van der Waals surface area contributed by atoms with Crippen molar-refractivity contribution in [1.29, 1.82) is 0 Å². The Morgan fingerprint density at radius 3 is 2.47 bits per heavy atom. The van der Waals surface area contributed by atoms with Crippen LogP contribution in [0.5, 0.6) is 5.75 Å². The number of rotatable bonds is 6. The molecule has 9 nitrogen and oxygen atoms in total. The number of carbonyl (C=O) groups excluding carboxylic acids is 1. The van der Waals surface area contributed by atoms with Gasteiger partial charge in [0.05, 0.1) is 12.7 Å². The number of ether oxygens (including phenoxy) is 2. The molecular weight excluding hydrogens is 470 g/mol. The second-order valence-corrected chi connectivity index (χ2v) is 10.1. The van der Waals surface area contributed by atoms with Crippen LogP contribution in [0.4, 0.5) is 13.6 Å². The monoisotopic (exact) mass is 494 g/mol. The lowest BCUT2D eigenvalue weighted by atomic mass is 9.85. The summed E-state index contributed by atoms with van der Waals surface area (Å²) >= 11 is 0. The third-order valence-corrected chi connectivity index (χ3v) is 6.47. The fourth-order valence-corrected chi connectivity index (χ4v) is 4.62. The number of aromatic nitrogens is 3. The van der Waals surface area contributed by atoms with E-state index in [-0.39, 0.29) is 11.3 Å². The second kappa shape index (κ2) is 9.37. The molecule has 0 aliphatic carbocycles. The topological polar surface area (TPSA) is 112 Å². The summed E-state index contributed by atoms with van der Waals surface area (Å²) in [7, 11) is -1.87. The second-order valence-electron chi connectivity index (χ2n) is 8.32. The first-order chi connectivity index (χ1) is 15.9. The van der Waals surface area contributed by atoms with E-state index >= 15 is 4.39 Å². The zero-order valence-corrected chi connectivity index (χ0v) is 20.0. The quantitative estimate of drug-likeness (QED) is 0.517. The molecule has 0 aliphatic rings. The van der Waals surface area contributed by atoms with Gasteiger partial charge in [0.25, 0.3) is 10.0 Å². The molecule has 34 heavy (non-hydrogen) atoms. The van der Waals surface area contributed by atoms with Crippen LogP contribution in [-0.4, -0.2) is 42.6 Å². The molecule has 0 aliphatic heterocycles. The summed E-state index contributed by atoms with van der Waals surface area (Å²) in [6.45, 7) is 5.04. The molecule has 0 saturated heterocycles. The number of nitrogens with one attached hydrogen (secondary N) is 1. The maximum atomic E-state index is 15.9. The van der Waals surface area contributed by atoms with E-state index in [1.54, 1.807) is 20.8 Å². The van der Waals surface area contributed by atoms with Gasteiger partial charge in [-0.3, -0.25) is 0 Å². The predicted octanol–water partition coefficient (Wildman–Crippen LogP) is 3.91. The lowest BCUT2D eigenvalue weighted by Gasteiger charge is -2.29. The summed E-state index contributed by atoms with van der Waals surface area (Å²) in [5.74, 6) is -1.96. The van der Waals surface area contributed by atoms with Crippen molar-refractivity contribution < 1.29 is 31.5 Å². The molecule has 3 rings (SSSR count). The highest BCUT2D eigenvalue weighted by molar-refractivity contribution is 7.90. The first kappa shape index (κ1) is 25.1.